The lowest BCUT2D eigenvalue weighted by Gasteiger charge is -2.02. The van der Waals surface area contributed by atoms with E-state index in [1.807, 2.05) is 0 Å². The third-order valence-electron chi connectivity index (χ3n) is 2.97. The zero-order chi connectivity index (χ0) is 16.8. The Hall–Kier alpha value is -3.33. The molecule has 0 spiro atoms. The van der Waals surface area contributed by atoms with E-state index in [1.165, 1.54) is 18.2 Å². The number of hydrogen-bond acceptors (Lipinski definition) is 4. The maximum Gasteiger partial charge on any atom is 0.357 e. The fourth-order valence-electron chi connectivity index (χ4n) is 1.98. The van der Waals surface area contributed by atoms with Crippen molar-refractivity contribution in [2.45, 2.75) is 6.92 Å². The van der Waals surface area contributed by atoms with Gasteiger partial charge in [0.2, 0.25) is 0 Å². The lowest BCUT2D eigenvalue weighted by atomic mass is 10.1. The van der Waals surface area contributed by atoms with Crippen LogP contribution in [0.4, 0.5) is 0 Å². The minimum atomic E-state index is -0.633. The van der Waals surface area contributed by atoms with Gasteiger partial charge in [-0.1, -0.05) is 18.2 Å². The molecule has 1 aromatic carbocycles. The number of H-pyrrole nitrogens is 1. The zero-order valence-corrected chi connectivity index (χ0v) is 12.4. The molecule has 6 heteroatoms. The van der Waals surface area contributed by atoms with Crippen molar-refractivity contribution in [3.63, 3.8) is 0 Å². The molecule has 116 valence electrons. The van der Waals surface area contributed by atoms with Crippen LogP contribution < -0.4 is 10.3 Å². The van der Waals surface area contributed by atoms with E-state index in [9.17, 15) is 14.7 Å². The molecule has 1 aromatic heterocycles. The Morgan fingerprint density at radius 2 is 2.22 bits per heavy atom. The largest absolute Gasteiger partial charge is 0.507 e. The van der Waals surface area contributed by atoms with Crippen molar-refractivity contribution < 1.29 is 14.6 Å². The Balaban J connectivity index is 2.22. The van der Waals surface area contributed by atoms with Gasteiger partial charge in [-0.15, -0.1) is 0 Å². The van der Waals surface area contributed by atoms with Crippen LogP contribution in [0.2, 0.25) is 0 Å². The molecule has 6 nitrogen and oxygen atoms in total. The highest BCUT2D eigenvalue weighted by molar-refractivity contribution is 6.08. The minimum absolute atomic E-state index is 0.0846. The van der Waals surface area contributed by atoms with Crippen LogP contribution in [-0.2, 0) is 0 Å². The van der Waals surface area contributed by atoms with Gasteiger partial charge >= 0.3 is 6.73 Å². The number of carbonyl (C=O) groups excluding carboxylic acids is 1. The van der Waals surface area contributed by atoms with Gasteiger partial charge in [-0.2, -0.15) is 0 Å². The van der Waals surface area contributed by atoms with Gasteiger partial charge in [-0.3, -0.25) is 14.4 Å². The van der Waals surface area contributed by atoms with Gasteiger partial charge in [0.25, 0.3) is 5.56 Å². The van der Waals surface area contributed by atoms with Crippen LogP contribution in [0.15, 0.2) is 41.2 Å². The van der Waals surface area contributed by atoms with Gasteiger partial charge in [-0.25, -0.2) is 6.57 Å². The van der Waals surface area contributed by atoms with Gasteiger partial charge in [0, 0.05) is 5.69 Å². The summed E-state index contributed by atoms with van der Waals surface area (Å²) in [6.45, 7) is 8.20. The maximum absolute atomic E-state index is 12.1. The molecule has 23 heavy (non-hydrogen) atoms. The summed E-state index contributed by atoms with van der Waals surface area (Å²) in [5, 5.41) is 9.76. The Bertz CT molecular complexity index is 860. The summed E-state index contributed by atoms with van der Waals surface area (Å²) in [6, 6.07) is 8.14. The number of pyridine rings is 1. The summed E-state index contributed by atoms with van der Waals surface area (Å²) >= 11 is 0. The van der Waals surface area contributed by atoms with Gasteiger partial charge < -0.3 is 14.8 Å². The van der Waals surface area contributed by atoms with Crippen molar-refractivity contribution in [1.29, 1.82) is 0 Å². The number of aryl methyl sites for hydroxylation is 1. The van der Waals surface area contributed by atoms with Crippen molar-refractivity contribution in [3.05, 3.63) is 75.0 Å². The predicted molar refractivity (Wildman–Crippen MR) is 85.4 cm³/mol. The number of aromatic amines is 1. The second-order valence-corrected chi connectivity index (χ2v) is 4.74. The molecule has 0 unspecified atom stereocenters. The molecule has 2 rings (SSSR count). The van der Waals surface area contributed by atoms with Crippen molar-refractivity contribution >= 4 is 11.9 Å². The van der Waals surface area contributed by atoms with Crippen LogP contribution in [0.5, 0.6) is 11.5 Å². The molecule has 0 radical (unpaired) electrons. The van der Waals surface area contributed by atoms with E-state index in [0.717, 1.165) is 0 Å². The van der Waals surface area contributed by atoms with Crippen LogP contribution in [0.25, 0.3) is 10.9 Å². The average molecular weight is 310 g/mol. The Kier molecular flexibility index (Phi) is 4.95. The van der Waals surface area contributed by atoms with E-state index in [4.69, 9.17) is 11.3 Å². The maximum atomic E-state index is 12.1. The molecular weight excluding hydrogens is 296 g/mol. The number of benzene rings is 1. The summed E-state index contributed by atoms with van der Waals surface area (Å²) in [7, 11) is 0. The molecule has 0 fully saturated rings. The van der Waals surface area contributed by atoms with E-state index in [1.54, 1.807) is 31.2 Å². The quantitative estimate of drug-likeness (QED) is 0.505. The SMILES string of the molecule is [C-]#[N+]COc1cccc(/C=C/C(=O)c2c(O)cc(C)[nH]c2=O)c1. The van der Waals surface area contributed by atoms with Crippen LogP contribution in [0.3, 0.4) is 0 Å². The molecule has 0 aliphatic heterocycles. The molecular formula is C17H14N2O4. The predicted octanol–water partition coefficient (Wildman–Crippen LogP) is 2.54. The minimum Gasteiger partial charge on any atom is -0.507 e. The third-order valence-corrected chi connectivity index (χ3v) is 2.97. The monoisotopic (exact) mass is 310 g/mol. The number of carbonyl (C=O) groups is 1. The van der Waals surface area contributed by atoms with Crippen molar-refractivity contribution in [1.82, 2.24) is 4.98 Å². The molecule has 0 aliphatic rings. The van der Waals surface area contributed by atoms with Crippen LogP contribution >= 0.6 is 0 Å². The third kappa shape index (κ3) is 4.08. The lowest BCUT2D eigenvalue weighted by Crippen LogP contribution is -2.17. The first kappa shape index (κ1) is 16.0. The normalized spacial score (nSPS) is 10.4. The van der Waals surface area contributed by atoms with Gasteiger partial charge in [-0.05, 0) is 36.8 Å². The van der Waals surface area contributed by atoms with E-state index in [0.29, 0.717) is 17.0 Å². The fraction of sp³-hybridized carbons (Fsp3) is 0.118. The highest BCUT2D eigenvalue weighted by atomic mass is 16.5. The molecule has 2 N–H and O–H groups in total. The number of aromatic hydroxyl groups is 1. The fourth-order valence-corrected chi connectivity index (χ4v) is 1.98. The van der Waals surface area contributed by atoms with Crippen LogP contribution in [-0.4, -0.2) is 22.6 Å². The van der Waals surface area contributed by atoms with Crippen LogP contribution in [0.1, 0.15) is 21.6 Å². The molecule has 1 heterocycles. The first-order valence-electron chi connectivity index (χ1n) is 6.72. The second-order valence-electron chi connectivity index (χ2n) is 4.74. The molecule has 2 aromatic rings. The summed E-state index contributed by atoms with van der Waals surface area (Å²) in [5.41, 5.74) is 0.208. The van der Waals surface area contributed by atoms with Gasteiger partial charge in [0.15, 0.2) is 5.78 Å². The first-order chi connectivity index (χ1) is 11.0. The number of hydrogen-bond donors (Lipinski definition) is 2. The highest BCUT2D eigenvalue weighted by Crippen LogP contribution is 2.17. The number of rotatable bonds is 5. The topological polar surface area (TPSA) is 83.8 Å². The van der Waals surface area contributed by atoms with Crippen molar-refractivity contribution in [3.8, 4) is 11.5 Å². The molecule has 0 amide bonds. The number of ketones is 1. The summed E-state index contributed by atoms with van der Waals surface area (Å²) in [5.74, 6) is -0.446. The van der Waals surface area contributed by atoms with Gasteiger partial charge in [0.05, 0.1) is 0 Å². The zero-order valence-electron chi connectivity index (χ0n) is 12.4. The van der Waals surface area contributed by atoms with E-state index in [2.05, 4.69) is 9.83 Å². The van der Waals surface area contributed by atoms with Crippen molar-refractivity contribution in [2.75, 3.05) is 6.73 Å². The number of nitrogens with zero attached hydrogens (tertiary/aromatic N) is 1. The second kappa shape index (κ2) is 7.09. The van der Waals surface area contributed by atoms with E-state index >= 15 is 0 Å². The standard InChI is InChI=1S/C17H14N2O4/c1-11-8-15(21)16(17(22)19-11)14(20)7-6-12-4-3-5-13(9-12)23-10-18-2/h3-9H,10H2,1H3,(H2,19,21,22)/b7-6+. The van der Waals surface area contributed by atoms with Crippen LogP contribution in [0, 0.1) is 13.5 Å². The van der Waals surface area contributed by atoms with E-state index < -0.39 is 11.3 Å². The Morgan fingerprint density at radius 3 is 2.91 bits per heavy atom. The van der Waals surface area contributed by atoms with Crippen molar-refractivity contribution in [2.24, 2.45) is 0 Å². The Labute approximate surface area is 132 Å². The molecule has 0 saturated heterocycles. The summed E-state index contributed by atoms with van der Waals surface area (Å²) in [4.78, 5) is 29.4. The number of nitrogens with one attached hydrogen (secondary N) is 1. The lowest BCUT2D eigenvalue weighted by molar-refractivity contribution is 0.104. The van der Waals surface area contributed by atoms with Gasteiger partial charge in [0.1, 0.15) is 17.1 Å². The Morgan fingerprint density at radius 1 is 1.43 bits per heavy atom. The molecule has 0 atom stereocenters. The average Bonchev–Trinajstić information content (AvgIpc) is 2.50. The number of allylic oxidation sites excluding steroid dienone is 1. The molecule has 0 bridgehead atoms. The molecule has 0 saturated carbocycles. The summed E-state index contributed by atoms with van der Waals surface area (Å²) < 4.78 is 5.17. The van der Waals surface area contributed by atoms with E-state index in [-0.39, 0.29) is 18.0 Å². The number of aromatic nitrogens is 1. The highest BCUT2D eigenvalue weighted by Gasteiger charge is 2.13. The first-order valence-corrected chi connectivity index (χ1v) is 6.72. The molecule has 0 aliphatic carbocycles. The number of ether oxygens (including phenoxy) is 1. The summed E-state index contributed by atoms with van der Waals surface area (Å²) in [6.07, 6.45) is 2.71. The smallest absolute Gasteiger partial charge is 0.357 e.